The van der Waals surface area contributed by atoms with Crippen LogP contribution in [0.4, 0.5) is 5.88 Å². The van der Waals surface area contributed by atoms with E-state index < -0.39 is 0 Å². The van der Waals surface area contributed by atoms with Gasteiger partial charge in [0.15, 0.2) is 5.76 Å². The van der Waals surface area contributed by atoms with Gasteiger partial charge in [0, 0.05) is 25.7 Å². The Morgan fingerprint density at radius 2 is 2.18 bits per heavy atom. The van der Waals surface area contributed by atoms with Crippen LogP contribution in [0.3, 0.4) is 0 Å². The van der Waals surface area contributed by atoms with Gasteiger partial charge < -0.3 is 14.1 Å². The molecule has 0 atom stereocenters. The van der Waals surface area contributed by atoms with Gasteiger partial charge in [0.1, 0.15) is 5.75 Å². The van der Waals surface area contributed by atoms with Gasteiger partial charge in [-0.25, -0.2) is 5.43 Å². The molecule has 116 valence electrons. The van der Waals surface area contributed by atoms with Crippen molar-refractivity contribution in [2.75, 3.05) is 26.1 Å². The molecular weight excluding hydrogens is 350 g/mol. The zero-order valence-electron chi connectivity index (χ0n) is 12.5. The fourth-order valence-electron chi connectivity index (χ4n) is 1.73. The van der Waals surface area contributed by atoms with Gasteiger partial charge in [0.2, 0.25) is 5.88 Å². The molecule has 1 amide bonds. The number of rotatable bonds is 5. The highest BCUT2D eigenvalue weighted by atomic mass is 79.9. The molecule has 0 saturated carbocycles. The van der Waals surface area contributed by atoms with Crippen LogP contribution in [0, 0.1) is 0 Å². The van der Waals surface area contributed by atoms with Crippen LogP contribution in [-0.2, 0) is 0 Å². The molecule has 0 radical (unpaired) electrons. The number of anilines is 1. The van der Waals surface area contributed by atoms with E-state index in [0.29, 0.717) is 23.0 Å². The third kappa shape index (κ3) is 3.88. The number of halogens is 1. The summed E-state index contributed by atoms with van der Waals surface area (Å²) in [6.45, 7) is 0. The number of hydrogen-bond donors (Lipinski definition) is 1. The lowest BCUT2D eigenvalue weighted by molar-refractivity contribution is 0.0955. The van der Waals surface area contributed by atoms with E-state index in [1.165, 1.54) is 6.21 Å². The van der Waals surface area contributed by atoms with E-state index in [-0.39, 0.29) is 5.91 Å². The van der Waals surface area contributed by atoms with Crippen molar-refractivity contribution in [3.05, 3.63) is 46.1 Å². The molecule has 0 unspecified atom stereocenters. The average Bonchev–Trinajstić information content (AvgIpc) is 2.88. The number of carbonyl (C=O) groups excluding carboxylic acids is 1. The summed E-state index contributed by atoms with van der Waals surface area (Å²) in [4.78, 5) is 13.8. The maximum absolute atomic E-state index is 12.0. The largest absolute Gasteiger partial charge is 0.497 e. The quantitative estimate of drug-likeness (QED) is 0.653. The number of amides is 1. The molecular formula is C15H16BrN3O3. The SMILES string of the molecule is COc1cccc(C(=O)N/N=C\c2cc(Br)c(N(C)C)o2)c1. The number of benzene rings is 1. The molecule has 6 nitrogen and oxygen atoms in total. The van der Waals surface area contributed by atoms with E-state index in [0.717, 1.165) is 4.47 Å². The number of methoxy groups -OCH3 is 1. The van der Waals surface area contributed by atoms with Crippen LogP contribution in [0.2, 0.25) is 0 Å². The van der Waals surface area contributed by atoms with Gasteiger partial charge in [0.05, 0.1) is 17.8 Å². The predicted octanol–water partition coefficient (Wildman–Crippen LogP) is 2.88. The van der Waals surface area contributed by atoms with Crippen LogP contribution < -0.4 is 15.1 Å². The molecule has 0 aliphatic carbocycles. The van der Waals surface area contributed by atoms with Gasteiger partial charge in [-0.15, -0.1) is 0 Å². The molecule has 2 aromatic rings. The molecule has 22 heavy (non-hydrogen) atoms. The predicted molar refractivity (Wildman–Crippen MR) is 88.8 cm³/mol. The molecule has 0 aliphatic rings. The summed E-state index contributed by atoms with van der Waals surface area (Å²) in [5, 5.41) is 3.89. The Kier molecular flexibility index (Phi) is 5.21. The van der Waals surface area contributed by atoms with Crippen LogP contribution >= 0.6 is 15.9 Å². The van der Waals surface area contributed by atoms with Gasteiger partial charge in [0.25, 0.3) is 5.91 Å². The third-order valence-corrected chi connectivity index (χ3v) is 3.35. The van der Waals surface area contributed by atoms with E-state index >= 15 is 0 Å². The van der Waals surface area contributed by atoms with E-state index in [9.17, 15) is 4.79 Å². The summed E-state index contributed by atoms with van der Waals surface area (Å²) in [7, 11) is 5.29. The number of hydrazone groups is 1. The Balaban J connectivity index is 2.02. The van der Waals surface area contributed by atoms with Crippen LogP contribution in [0.15, 0.2) is 44.3 Å². The van der Waals surface area contributed by atoms with Crippen molar-refractivity contribution in [3.8, 4) is 5.75 Å². The molecule has 0 spiro atoms. The van der Waals surface area contributed by atoms with Crippen molar-refractivity contribution in [1.82, 2.24) is 5.43 Å². The topological polar surface area (TPSA) is 67.1 Å². The molecule has 0 aliphatic heterocycles. The number of nitrogens with zero attached hydrogens (tertiary/aromatic N) is 2. The van der Waals surface area contributed by atoms with Gasteiger partial charge >= 0.3 is 0 Å². The molecule has 1 aromatic carbocycles. The first-order valence-electron chi connectivity index (χ1n) is 6.45. The third-order valence-electron chi connectivity index (χ3n) is 2.78. The lowest BCUT2D eigenvalue weighted by atomic mass is 10.2. The summed E-state index contributed by atoms with van der Waals surface area (Å²) < 4.78 is 11.4. The zero-order valence-corrected chi connectivity index (χ0v) is 14.0. The lowest BCUT2D eigenvalue weighted by Crippen LogP contribution is -2.17. The summed E-state index contributed by atoms with van der Waals surface area (Å²) in [5.41, 5.74) is 2.91. The van der Waals surface area contributed by atoms with Crippen molar-refractivity contribution in [2.24, 2.45) is 5.10 Å². The van der Waals surface area contributed by atoms with Gasteiger partial charge in [-0.2, -0.15) is 5.10 Å². The minimum absolute atomic E-state index is 0.325. The second-order valence-corrected chi connectivity index (χ2v) is 5.48. The maximum Gasteiger partial charge on any atom is 0.271 e. The number of carbonyl (C=O) groups is 1. The second-order valence-electron chi connectivity index (χ2n) is 4.63. The molecule has 0 saturated heterocycles. The fourth-order valence-corrected chi connectivity index (χ4v) is 2.39. The maximum atomic E-state index is 12.0. The number of nitrogens with one attached hydrogen (secondary N) is 1. The van der Waals surface area contributed by atoms with Crippen molar-refractivity contribution < 1.29 is 13.9 Å². The van der Waals surface area contributed by atoms with Gasteiger partial charge in [-0.05, 0) is 34.1 Å². The van der Waals surface area contributed by atoms with Crippen molar-refractivity contribution in [2.45, 2.75) is 0 Å². The van der Waals surface area contributed by atoms with Crippen molar-refractivity contribution in [3.63, 3.8) is 0 Å². The Bertz CT molecular complexity index is 695. The van der Waals surface area contributed by atoms with Crippen molar-refractivity contribution in [1.29, 1.82) is 0 Å². The lowest BCUT2D eigenvalue weighted by Gasteiger charge is -2.07. The monoisotopic (exact) mass is 365 g/mol. The standard InChI is InChI=1S/C15H16BrN3O3/c1-19(2)15-13(16)8-12(22-15)9-17-18-14(20)10-5-4-6-11(7-10)21-3/h4-9H,1-3H3,(H,18,20)/b17-9-. The number of ether oxygens (including phenoxy) is 1. The highest BCUT2D eigenvalue weighted by Gasteiger charge is 2.09. The first-order chi connectivity index (χ1) is 10.5. The van der Waals surface area contributed by atoms with E-state index in [4.69, 9.17) is 9.15 Å². The van der Waals surface area contributed by atoms with Crippen LogP contribution in [0.1, 0.15) is 16.1 Å². The Morgan fingerprint density at radius 3 is 2.82 bits per heavy atom. The molecule has 1 aromatic heterocycles. The summed E-state index contributed by atoms with van der Waals surface area (Å²) in [6, 6.07) is 8.60. The van der Waals surface area contributed by atoms with E-state index in [1.54, 1.807) is 37.4 Å². The Hall–Kier alpha value is -2.28. The van der Waals surface area contributed by atoms with Crippen molar-refractivity contribution >= 4 is 33.9 Å². The first-order valence-corrected chi connectivity index (χ1v) is 7.24. The molecule has 7 heteroatoms. The highest BCUT2D eigenvalue weighted by molar-refractivity contribution is 9.10. The summed E-state index contributed by atoms with van der Waals surface area (Å²) >= 11 is 3.39. The molecule has 1 N–H and O–H groups in total. The minimum Gasteiger partial charge on any atom is -0.497 e. The first kappa shape index (κ1) is 16.1. The molecule has 2 rings (SSSR count). The molecule has 0 bridgehead atoms. The Labute approximate surface area is 136 Å². The van der Waals surface area contributed by atoms with E-state index in [2.05, 4.69) is 26.5 Å². The second kappa shape index (κ2) is 7.13. The molecule has 1 heterocycles. The van der Waals surface area contributed by atoms with Gasteiger partial charge in [-0.3, -0.25) is 4.79 Å². The highest BCUT2D eigenvalue weighted by Crippen LogP contribution is 2.27. The van der Waals surface area contributed by atoms with Crippen LogP contribution in [0.25, 0.3) is 0 Å². The summed E-state index contributed by atoms with van der Waals surface area (Å²) in [6.07, 6.45) is 1.44. The average molecular weight is 366 g/mol. The van der Waals surface area contributed by atoms with Crippen LogP contribution in [-0.4, -0.2) is 33.3 Å². The zero-order chi connectivity index (χ0) is 16.1. The Morgan fingerprint density at radius 1 is 1.41 bits per heavy atom. The molecule has 0 fully saturated rings. The number of hydrogen-bond acceptors (Lipinski definition) is 5. The summed E-state index contributed by atoms with van der Waals surface area (Å²) in [5.74, 6) is 1.50. The smallest absolute Gasteiger partial charge is 0.271 e. The number of furan rings is 1. The minimum atomic E-state index is -0.325. The van der Waals surface area contributed by atoms with E-state index in [1.807, 2.05) is 19.0 Å². The normalized spacial score (nSPS) is 10.7. The van der Waals surface area contributed by atoms with Gasteiger partial charge in [-0.1, -0.05) is 6.07 Å². The fraction of sp³-hybridized carbons (Fsp3) is 0.200. The van der Waals surface area contributed by atoms with Crippen LogP contribution in [0.5, 0.6) is 5.75 Å².